The summed E-state index contributed by atoms with van der Waals surface area (Å²) in [5, 5.41) is 5.29. The minimum absolute atomic E-state index is 0.0416. The molecule has 0 radical (unpaired) electrons. The van der Waals surface area contributed by atoms with Crippen molar-refractivity contribution in [1.29, 1.82) is 0 Å². The maximum Gasteiger partial charge on any atom is 0.319 e. The van der Waals surface area contributed by atoms with Crippen LogP contribution in [-0.4, -0.2) is 17.8 Å². The molecule has 1 atom stereocenters. The highest BCUT2D eigenvalue weighted by molar-refractivity contribution is 7.99. The van der Waals surface area contributed by atoms with Crippen LogP contribution in [0.25, 0.3) is 0 Å². The number of hydrogen-bond donors (Lipinski definition) is 2. The number of anilines is 1. The molecule has 0 aromatic heterocycles. The van der Waals surface area contributed by atoms with Gasteiger partial charge in [0.15, 0.2) is 0 Å². The van der Waals surface area contributed by atoms with Crippen LogP contribution in [0, 0.1) is 0 Å². The first kappa shape index (κ1) is 14.8. The SMILES string of the molecule is CC[C@H](C)NC(=O)Nc1ccccc1SC(F)F. The predicted octanol–water partition coefficient (Wildman–Crippen LogP) is 3.92. The van der Waals surface area contributed by atoms with Crippen molar-refractivity contribution in [1.82, 2.24) is 5.32 Å². The lowest BCUT2D eigenvalue weighted by Crippen LogP contribution is -2.35. The molecule has 0 unspecified atom stereocenters. The number of rotatable bonds is 5. The number of benzene rings is 1. The summed E-state index contributed by atoms with van der Waals surface area (Å²) in [6.45, 7) is 3.82. The van der Waals surface area contributed by atoms with Crippen LogP contribution in [0.5, 0.6) is 0 Å². The van der Waals surface area contributed by atoms with E-state index in [0.29, 0.717) is 22.3 Å². The van der Waals surface area contributed by atoms with Crippen molar-refractivity contribution in [2.75, 3.05) is 5.32 Å². The average Bonchev–Trinajstić information content (AvgIpc) is 2.30. The summed E-state index contributed by atoms with van der Waals surface area (Å²) in [7, 11) is 0. The van der Waals surface area contributed by atoms with Gasteiger partial charge in [0, 0.05) is 10.9 Å². The molecule has 1 aromatic rings. The van der Waals surface area contributed by atoms with E-state index in [1.807, 2.05) is 13.8 Å². The topological polar surface area (TPSA) is 41.1 Å². The summed E-state index contributed by atoms with van der Waals surface area (Å²) in [5.41, 5.74) is 0.392. The fraction of sp³-hybridized carbons (Fsp3) is 0.417. The normalized spacial score (nSPS) is 12.3. The van der Waals surface area contributed by atoms with Gasteiger partial charge in [0.25, 0.3) is 5.76 Å². The summed E-state index contributed by atoms with van der Waals surface area (Å²) in [6.07, 6.45) is 0.806. The van der Waals surface area contributed by atoms with Gasteiger partial charge >= 0.3 is 6.03 Å². The minimum Gasteiger partial charge on any atom is -0.335 e. The van der Waals surface area contributed by atoms with Crippen molar-refractivity contribution in [2.45, 2.75) is 37.0 Å². The predicted molar refractivity (Wildman–Crippen MR) is 70.2 cm³/mol. The number of carbonyl (C=O) groups is 1. The molecular weight excluding hydrogens is 258 g/mol. The summed E-state index contributed by atoms with van der Waals surface area (Å²) in [5.74, 6) is -2.51. The van der Waals surface area contributed by atoms with E-state index in [1.54, 1.807) is 24.3 Å². The number of alkyl halides is 2. The number of hydrogen-bond acceptors (Lipinski definition) is 2. The fourth-order valence-corrected chi connectivity index (χ4v) is 1.85. The highest BCUT2D eigenvalue weighted by Crippen LogP contribution is 2.31. The van der Waals surface area contributed by atoms with Gasteiger partial charge < -0.3 is 10.6 Å². The minimum atomic E-state index is -2.51. The Balaban J connectivity index is 2.68. The third-order valence-electron chi connectivity index (χ3n) is 2.34. The van der Waals surface area contributed by atoms with Gasteiger partial charge in [0.05, 0.1) is 5.69 Å². The number of halogens is 2. The van der Waals surface area contributed by atoms with Gasteiger partial charge in [0.2, 0.25) is 0 Å². The maximum atomic E-state index is 12.3. The molecule has 0 fully saturated rings. The van der Waals surface area contributed by atoms with Crippen molar-refractivity contribution in [3.05, 3.63) is 24.3 Å². The Kier molecular flexibility index (Phi) is 5.91. The van der Waals surface area contributed by atoms with Gasteiger partial charge in [-0.3, -0.25) is 0 Å². The second-order valence-corrected chi connectivity index (χ2v) is 4.81. The Bertz CT molecular complexity index is 401. The summed E-state index contributed by atoms with van der Waals surface area (Å²) < 4.78 is 24.7. The van der Waals surface area contributed by atoms with Gasteiger partial charge in [-0.15, -0.1) is 0 Å². The zero-order valence-corrected chi connectivity index (χ0v) is 11.1. The second-order valence-electron chi connectivity index (χ2n) is 3.78. The van der Waals surface area contributed by atoms with E-state index in [0.717, 1.165) is 6.42 Å². The standard InChI is InChI=1S/C12H16F2N2OS/c1-3-8(2)15-12(17)16-9-6-4-5-7-10(9)18-11(13)14/h4-8,11H,3H2,1-2H3,(H2,15,16,17)/t8-/m0/s1. The molecule has 2 N–H and O–H groups in total. The fourth-order valence-electron chi connectivity index (χ4n) is 1.25. The lowest BCUT2D eigenvalue weighted by atomic mass is 10.3. The number of para-hydroxylation sites is 1. The van der Waals surface area contributed by atoms with Gasteiger partial charge in [-0.2, -0.15) is 8.78 Å². The first-order chi connectivity index (χ1) is 8.52. The zero-order valence-electron chi connectivity index (χ0n) is 10.2. The Hall–Kier alpha value is -1.30. The van der Waals surface area contributed by atoms with Gasteiger partial charge in [-0.05, 0) is 25.5 Å². The maximum absolute atomic E-state index is 12.3. The lowest BCUT2D eigenvalue weighted by Gasteiger charge is -2.14. The molecule has 0 bridgehead atoms. The smallest absolute Gasteiger partial charge is 0.319 e. The third kappa shape index (κ3) is 4.91. The molecule has 0 saturated carbocycles. The zero-order chi connectivity index (χ0) is 13.5. The second kappa shape index (κ2) is 7.20. The number of urea groups is 1. The van der Waals surface area contributed by atoms with Crippen LogP contribution >= 0.6 is 11.8 Å². The first-order valence-corrected chi connectivity index (χ1v) is 6.52. The Labute approximate surface area is 109 Å². The average molecular weight is 274 g/mol. The number of carbonyl (C=O) groups excluding carboxylic acids is 1. The van der Waals surface area contributed by atoms with E-state index in [1.165, 1.54) is 0 Å². The van der Waals surface area contributed by atoms with Crippen molar-refractivity contribution >= 4 is 23.5 Å². The highest BCUT2D eigenvalue weighted by Gasteiger charge is 2.12. The quantitative estimate of drug-likeness (QED) is 0.799. The van der Waals surface area contributed by atoms with Crippen molar-refractivity contribution in [3.8, 4) is 0 Å². The lowest BCUT2D eigenvalue weighted by molar-refractivity contribution is 0.248. The van der Waals surface area contributed by atoms with Crippen molar-refractivity contribution < 1.29 is 13.6 Å². The molecule has 100 valence electrons. The Morgan fingerprint density at radius 3 is 2.67 bits per heavy atom. The van der Waals surface area contributed by atoms with Crippen LogP contribution in [0.2, 0.25) is 0 Å². The van der Waals surface area contributed by atoms with Crippen LogP contribution in [0.4, 0.5) is 19.3 Å². The van der Waals surface area contributed by atoms with Crippen LogP contribution in [0.15, 0.2) is 29.2 Å². The number of nitrogens with one attached hydrogen (secondary N) is 2. The van der Waals surface area contributed by atoms with Crippen molar-refractivity contribution in [3.63, 3.8) is 0 Å². The van der Waals surface area contributed by atoms with Crippen molar-refractivity contribution in [2.24, 2.45) is 0 Å². The van der Waals surface area contributed by atoms with Gasteiger partial charge in [-0.1, -0.05) is 30.8 Å². The number of thioether (sulfide) groups is 1. The largest absolute Gasteiger partial charge is 0.335 e. The van der Waals surface area contributed by atoms with Crippen LogP contribution in [0.3, 0.4) is 0 Å². The molecule has 1 aromatic carbocycles. The molecule has 0 aliphatic heterocycles. The summed E-state index contributed by atoms with van der Waals surface area (Å²) in [4.78, 5) is 12.0. The third-order valence-corrected chi connectivity index (χ3v) is 3.13. The molecule has 0 heterocycles. The molecule has 0 aliphatic rings. The molecule has 0 aliphatic carbocycles. The van der Waals surface area contributed by atoms with E-state index >= 15 is 0 Å². The molecule has 0 saturated heterocycles. The number of amides is 2. The van der Waals surface area contributed by atoms with Crippen LogP contribution in [-0.2, 0) is 0 Å². The van der Waals surface area contributed by atoms with Crippen LogP contribution < -0.4 is 10.6 Å². The van der Waals surface area contributed by atoms with Crippen LogP contribution in [0.1, 0.15) is 20.3 Å². The van der Waals surface area contributed by atoms with E-state index in [9.17, 15) is 13.6 Å². The summed E-state index contributed by atoms with van der Waals surface area (Å²) in [6, 6.07) is 6.15. The molecule has 18 heavy (non-hydrogen) atoms. The highest BCUT2D eigenvalue weighted by atomic mass is 32.2. The van der Waals surface area contributed by atoms with Gasteiger partial charge in [0.1, 0.15) is 0 Å². The summed E-state index contributed by atoms with van der Waals surface area (Å²) >= 11 is 0.416. The van der Waals surface area contributed by atoms with E-state index in [4.69, 9.17) is 0 Å². The Morgan fingerprint density at radius 1 is 1.39 bits per heavy atom. The molecular formula is C12H16F2N2OS. The van der Waals surface area contributed by atoms with E-state index in [2.05, 4.69) is 10.6 Å². The molecule has 6 heteroatoms. The molecule has 2 amide bonds. The first-order valence-electron chi connectivity index (χ1n) is 5.64. The molecule has 0 spiro atoms. The monoisotopic (exact) mass is 274 g/mol. The molecule has 3 nitrogen and oxygen atoms in total. The molecule has 1 rings (SSSR count). The van der Waals surface area contributed by atoms with E-state index < -0.39 is 5.76 Å². The Morgan fingerprint density at radius 2 is 2.06 bits per heavy atom. The van der Waals surface area contributed by atoms with Gasteiger partial charge in [-0.25, -0.2) is 4.79 Å². The van der Waals surface area contributed by atoms with E-state index in [-0.39, 0.29) is 12.1 Å².